The van der Waals surface area contributed by atoms with E-state index in [4.69, 9.17) is 17.3 Å². The molecule has 0 bridgehead atoms. The third-order valence-electron chi connectivity index (χ3n) is 1.58. The largest absolute Gasteiger partial charge is 0.407 e. The van der Waals surface area contributed by atoms with Crippen LogP contribution in [0.3, 0.4) is 0 Å². The molecule has 1 nitrogen and oxygen atoms in total. The molecule has 0 aliphatic rings. The zero-order valence-corrected chi connectivity index (χ0v) is 7.23. The molecular formula is C8H7ClF3N. The predicted octanol–water partition coefficient (Wildman–Crippen LogP) is 2.90. The van der Waals surface area contributed by atoms with Gasteiger partial charge in [-0.1, -0.05) is 23.7 Å². The van der Waals surface area contributed by atoms with Crippen molar-refractivity contribution in [1.29, 1.82) is 0 Å². The van der Waals surface area contributed by atoms with Crippen LogP contribution in [0.4, 0.5) is 13.2 Å². The van der Waals surface area contributed by atoms with Gasteiger partial charge in [-0.25, -0.2) is 0 Å². The van der Waals surface area contributed by atoms with E-state index in [-0.39, 0.29) is 5.56 Å². The topological polar surface area (TPSA) is 26.0 Å². The molecule has 0 fully saturated rings. The molecule has 0 amide bonds. The Morgan fingerprint density at radius 1 is 1.15 bits per heavy atom. The van der Waals surface area contributed by atoms with Crippen molar-refractivity contribution in [2.45, 2.75) is 12.2 Å². The molecule has 2 N–H and O–H groups in total. The van der Waals surface area contributed by atoms with E-state index in [1.807, 2.05) is 0 Å². The maximum atomic E-state index is 12.1. The molecule has 72 valence electrons. The molecular weight excluding hydrogens is 203 g/mol. The van der Waals surface area contributed by atoms with E-state index in [2.05, 4.69) is 0 Å². The van der Waals surface area contributed by atoms with E-state index >= 15 is 0 Å². The van der Waals surface area contributed by atoms with E-state index in [0.717, 1.165) is 0 Å². The van der Waals surface area contributed by atoms with Crippen LogP contribution in [0.2, 0.25) is 5.02 Å². The number of rotatable bonds is 1. The molecule has 0 saturated heterocycles. The third-order valence-corrected chi connectivity index (χ3v) is 1.83. The van der Waals surface area contributed by atoms with E-state index in [9.17, 15) is 13.2 Å². The summed E-state index contributed by atoms with van der Waals surface area (Å²) in [4.78, 5) is 0. The maximum absolute atomic E-state index is 12.1. The molecule has 0 unspecified atom stereocenters. The minimum Gasteiger partial charge on any atom is -0.316 e. The average Bonchev–Trinajstić information content (AvgIpc) is 2.03. The summed E-state index contributed by atoms with van der Waals surface area (Å²) in [6, 6.07) is 3.34. The highest BCUT2D eigenvalue weighted by atomic mass is 35.5. The van der Waals surface area contributed by atoms with Gasteiger partial charge in [0.15, 0.2) is 0 Å². The van der Waals surface area contributed by atoms with Crippen molar-refractivity contribution in [2.24, 2.45) is 5.73 Å². The lowest BCUT2D eigenvalue weighted by Crippen LogP contribution is -2.28. The minimum absolute atomic E-state index is 0.0110. The molecule has 1 atom stereocenters. The van der Waals surface area contributed by atoms with E-state index in [1.54, 1.807) is 0 Å². The van der Waals surface area contributed by atoms with Crippen LogP contribution in [0.25, 0.3) is 0 Å². The Morgan fingerprint density at radius 3 is 2.00 bits per heavy atom. The van der Waals surface area contributed by atoms with Gasteiger partial charge in [-0.3, -0.25) is 0 Å². The summed E-state index contributed by atoms with van der Waals surface area (Å²) >= 11 is 5.51. The molecule has 13 heavy (non-hydrogen) atoms. The van der Waals surface area contributed by atoms with Crippen LogP contribution in [-0.4, -0.2) is 6.18 Å². The van der Waals surface area contributed by atoms with E-state index < -0.39 is 12.2 Å². The van der Waals surface area contributed by atoms with Crippen molar-refractivity contribution in [3.05, 3.63) is 34.9 Å². The van der Waals surface area contributed by atoms with Crippen LogP contribution in [0.5, 0.6) is 0 Å². The van der Waals surface area contributed by atoms with Crippen molar-refractivity contribution in [2.75, 3.05) is 0 Å². The lowest BCUT2D eigenvalue weighted by atomic mass is 10.1. The smallest absolute Gasteiger partial charge is 0.316 e. The minimum atomic E-state index is -4.41. The highest BCUT2D eigenvalue weighted by Gasteiger charge is 2.37. The second-order valence-electron chi connectivity index (χ2n) is 2.57. The molecule has 0 aromatic heterocycles. The van der Waals surface area contributed by atoms with Gasteiger partial charge in [0.2, 0.25) is 0 Å². The first-order chi connectivity index (χ1) is 5.91. The molecule has 0 aliphatic heterocycles. The van der Waals surface area contributed by atoms with E-state index in [1.165, 1.54) is 24.3 Å². The Kier molecular flexibility index (Phi) is 2.83. The van der Waals surface area contributed by atoms with Crippen LogP contribution < -0.4 is 5.73 Å². The summed E-state index contributed by atoms with van der Waals surface area (Å²) in [5, 5.41) is 0.387. The first-order valence-corrected chi connectivity index (χ1v) is 3.87. The number of benzene rings is 1. The average molecular weight is 210 g/mol. The standard InChI is InChI=1S/C8H7ClF3N/c9-6-3-1-5(2-4-6)7(13)8(10,11)12/h1-4,7H,13H2/t7-/m1/s1. The van der Waals surface area contributed by atoms with Crippen molar-refractivity contribution < 1.29 is 13.2 Å². The van der Waals surface area contributed by atoms with Crippen LogP contribution in [0.1, 0.15) is 11.6 Å². The quantitative estimate of drug-likeness (QED) is 0.756. The van der Waals surface area contributed by atoms with Gasteiger partial charge in [-0.05, 0) is 17.7 Å². The SMILES string of the molecule is N[C@H](c1ccc(Cl)cc1)C(F)(F)F. The van der Waals surface area contributed by atoms with Gasteiger partial charge in [0.05, 0.1) is 0 Å². The molecule has 0 aliphatic carbocycles. The fourth-order valence-electron chi connectivity index (χ4n) is 0.859. The molecule has 0 heterocycles. The number of alkyl halides is 3. The van der Waals surface area contributed by atoms with Crippen LogP contribution >= 0.6 is 11.6 Å². The lowest BCUT2D eigenvalue weighted by molar-refractivity contribution is -0.149. The second-order valence-corrected chi connectivity index (χ2v) is 3.01. The summed E-state index contributed by atoms with van der Waals surface area (Å²) in [7, 11) is 0. The molecule has 1 aromatic carbocycles. The van der Waals surface area contributed by atoms with Crippen molar-refractivity contribution in [3.8, 4) is 0 Å². The Labute approximate surface area is 78.3 Å². The summed E-state index contributed by atoms with van der Waals surface area (Å²) < 4.78 is 36.2. The fourth-order valence-corrected chi connectivity index (χ4v) is 0.985. The van der Waals surface area contributed by atoms with Crippen molar-refractivity contribution >= 4 is 11.6 Å². The van der Waals surface area contributed by atoms with Crippen LogP contribution in [0, 0.1) is 0 Å². The summed E-state index contributed by atoms with van der Waals surface area (Å²) in [5.41, 5.74) is 4.97. The molecule has 5 heteroatoms. The van der Waals surface area contributed by atoms with E-state index in [0.29, 0.717) is 5.02 Å². The number of hydrogen-bond donors (Lipinski definition) is 1. The monoisotopic (exact) mass is 209 g/mol. The third kappa shape index (κ3) is 2.60. The van der Waals surface area contributed by atoms with Crippen LogP contribution in [0.15, 0.2) is 24.3 Å². The fraction of sp³-hybridized carbons (Fsp3) is 0.250. The first kappa shape index (κ1) is 10.3. The Bertz CT molecular complexity index is 280. The zero-order valence-electron chi connectivity index (χ0n) is 6.48. The van der Waals surface area contributed by atoms with Gasteiger partial charge >= 0.3 is 6.18 Å². The molecule has 0 radical (unpaired) electrons. The van der Waals surface area contributed by atoms with Gasteiger partial charge in [0, 0.05) is 5.02 Å². The first-order valence-electron chi connectivity index (χ1n) is 3.49. The van der Waals surface area contributed by atoms with Gasteiger partial charge in [0.25, 0.3) is 0 Å². The van der Waals surface area contributed by atoms with Gasteiger partial charge in [-0.15, -0.1) is 0 Å². The predicted molar refractivity (Wildman–Crippen MR) is 44.4 cm³/mol. The molecule has 1 rings (SSSR count). The van der Waals surface area contributed by atoms with Gasteiger partial charge < -0.3 is 5.73 Å². The number of halogens is 4. The van der Waals surface area contributed by atoms with Gasteiger partial charge in [-0.2, -0.15) is 13.2 Å². The second kappa shape index (κ2) is 3.55. The van der Waals surface area contributed by atoms with Crippen LogP contribution in [-0.2, 0) is 0 Å². The summed E-state index contributed by atoms with van der Waals surface area (Å²) in [5.74, 6) is 0. The lowest BCUT2D eigenvalue weighted by Gasteiger charge is -2.15. The summed E-state index contributed by atoms with van der Waals surface area (Å²) in [6.07, 6.45) is -4.41. The van der Waals surface area contributed by atoms with Crippen molar-refractivity contribution in [3.63, 3.8) is 0 Å². The zero-order chi connectivity index (χ0) is 10.1. The normalized spacial score (nSPS) is 14.2. The Balaban J connectivity index is 2.90. The number of hydrogen-bond acceptors (Lipinski definition) is 1. The Morgan fingerprint density at radius 2 is 1.62 bits per heavy atom. The highest BCUT2D eigenvalue weighted by Crippen LogP contribution is 2.30. The maximum Gasteiger partial charge on any atom is 0.407 e. The molecule has 1 aromatic rings. The number of nitrogens with two attached hydrogens (primary N) is 1. The van der Waals surface area contributed by atoms with Gasteiger partial charge in [0.1, 0.15) is 6.04 Å². The Hall–Kier alpha value is -0.740. The molecule has 0 saturated carbocycles. The highest BCUT2D eigenvalue weighted by molar-refractivity contribution is 6.30. The summed E-state index contributed by atoms with van der Waals surface area (Å²) in [6.45, 7) is 0. The molecule has 0 spiro atoms. The van der Waals surface area contributed by atoms with Crippen molar-refractivity contribution in [1.82, 2.24) is 0 Å².